The monoisotopic (exact) mass is 433 g/mol. The smallest absolute Gasteiger partial charge is 0.339 e. The third kappa shape index (κ3) is 5.07. The number of rotatable bonds is 7. The Morgan fingerprint density at radius 2 is 1.97 bits per heavy atom. The number of nitriles is 1. The molecule has 0 spiro atoms. The van der Waals surface area contributed by atoms with Gasteiger partial charge in [-0.3, -0.25) is 10.1 Å². The van der Waals surface area contributed by atoms with E-state index in [9.17, 15) is 18.5 Å². The fraction of sp³-hybridized carbons (Fsp3) is 0.111. The van der Waals surface area contributed by atoms with Crippen molar-refractivity contribution in [1.29, 1.82) is 5.26 Å². The lowest BCUT2D eigenvalue weighted by atomic mass is 10.1. The van der Waals surface area contributed by atoms with E-state index in [1.54, 1.807) is 0 Å². The molecule has 0 unspecified atom stereocenters. The number of hydrogen-bond acceptors (Lipinski definition) is 8. The van der Waals surface area contributed by atoms with Crippen molar-refractivity contribution in [1.82, 2.24) is 0 Å². The number of benzene rings is 2. The molecule has 2 aromatic rings. The zero-order valence-corrected chi connectivity index (χ0v) is 16.9. The van der Waals surface area contributed by atoms with Crippen LogP contribution in [0.3, 0.4) is 0 Å². The highest BCUT2D eigenvalue weighted by Gasteiger charge is 2.23. The summed E-state index contributed by atoms with van der Waals surface area (Å²) < 4.78 is 35.4. The fourth-order valence-electron chi connectivity index (χ4n) is 2.28. The van der Waals surface area contributed by atoms with Crippen molar-refractivity contribution >= 4 is 39.1 Å². The molecule has 0 bridgehead atoms. The van der Waals surface area contributed by atoms with Gasteiger partial charge in [-0.15, -0.1) is 0 Å². The van der Waals surface area contributed by atoms with Gasteiger partial charge >= 0.3 is 10.1 Å². The Labute approximate surface area is 172 Å². The van der Waals surface area contributed by atoms with Gasteiger partial charge in [-0.1, -0.05) is 24.4 Å². The Hall–Kier alpha value is -3.49. The molecule has 0 heterocycles. The SMILES string of the molecule is COc1cc(/C=C(/C#N)C(N)=S)ccc1OS(=O)(=O)c1ccc(C)c([N+](=O)[O-])c1. The quantitative estimate of drug-likeness (QED) is 0.174. The highest BCUT2D eigenvalue weighted by atomic mass is 32.2. The van der Waals surface area contributed by atoms with Gasteiger partial charge in [0.2, 0.25) is 0 Å². The summed E-state index contributed by atoms with van der Waals surface area (Å²) >= 11 is 4.77. The van der Waals surface area contributed by atoms with Crippen LogP contribution in [0, 0.1) is 28.4 Å². The van der Waals surface area contributed by atoms with Crippen LogP contribution in [-0.2, 0) is 10.1 Å². The van der Waals surface area contributed by atoms with Crippen LogP contribution >= 0.6 is 12.2 Å². The number of hydrogen-bond donors (Lipinski definition) is 1. The van der Waals surface area contributed by atoms with Crippen molar-refractivity contribution in [3.63, 3.8) is 0 Å². The molecule has 0 aliphatic carbocycles. The topological polar surface area (TPSA) is 146 Å². The lowest BCUT2D eigenvalue weighted by Crippen LogP contribution is -2.11. The van der Waals surface area contributed by atoms with E-state index in [2.05, 4.69) is 0 Å². The first-order valence-corrected chi connectivity index (χ1v) is 9.70. The van der Waals surface area contributed by atoms with Crippen LogP contribution in [0.2, 0.25) is 0 Å². The first-order valence-electron chi connectivity index (χ1n) is 7.88. The highest BCUT2D eigenvalue weighted by Crippen LogP contribution is 2.32. The third-order valence-electron chi connectivity index (χ3n) is 3.75. The van der Waals surface area contributed by atoms with E-state index in [1.165, 1.54) is 50.4 Å². The Morgan fingerprint density at radius 3 is 2.52 bits per heavy atom. The van der Waals surface area contributed by atoms with Crippen LogP contribution in [0.5, 0.6) is 11.5 Å². The molecule has 0 saturated carbocycles. The van der Waals surface area contributed by atoms with Gasteiger partial charge in [0.15, 0.2) is 11.5 Å². The van der Waals surface area contributed by atoms with Crippen LogP contribution in [0.25, 0.3) is 6.08 Å². The summed E-state index contributed by atoms with van der Waals surface area (Å²) in [5, 5.41) is 20.1. The largest absolute Gasteiger partial charge is 0.493 e. The number of nitro benzene ring substituents is 1. The summed E-state index contributed by atoms with van der Waals surface area (Å²) in [5.74, 6) is -0.0779. The summed E-state index contributed by atoms with van der Waals surface area (Å²) in [6.07, 6.45) is 1.41. The van der Waals surface area contributed by atoms with Crippen LogP contribution < -0.4 is 14.7 Å². The van der Waals surface area contributed by atoms with E-state index < -0.39 is 15.0 Å². The van der Waals surface area contributed by atoms with E-state index in [0.29, 0.717) is 11.1 Å². The maximum Gasteiger partial charge on any atom is 0.339 e. The predicted molar refractivity (Wildman–Crippen MR) is 109 cm³/mol. The highest BCUT2D eigenvalue weighted by molar-refractivity contribution is 7.87. The molecule has 0 aromatic heterocycles. The lowest BCUT2D eigenvalue weighted by Gasteiger charge is -2.12. The van der Waals surface area contributed by atoms with Crippen LogP contribution in [0.15, 0.2) is 46.9 Å². The number of methoxy groups -OCH3 is 1. The molecule has 0 fully saturated rings. The van der Waals surface area contributed by atoms with Crippen LogP contribution in [0.1, 0.15) is 11.1 Å². The second-order valence-electron chi connectivity index (χ2n) is 5.69. The second-order valence-corrected chi connectivity index (χ2v) is 7.67. The normalized spacial score (nSPS) is 11.4. The summed E-state index contributed by atoms with van der Waals surface area (Å²) in [4.78, 5) is 9.92. The van der Waals surface area contributed by atoms with Gasteiger partial charge in [0, 0.05) is 11.6 Å². The van der Waals surface area contributed by atoms with Gasteiger partial charge in [-0.05, 0) is 36.8 Å². The molecule has 0 aliphatic heterocycles. The minimum Gasteiger partial charge on any atom is -0.493 e. The zero-order valence-electron chi connectivity index (χ0n) is 15.3. The molecule has 29 heavy (non-hydrogen) atoms. The molecule has 150 valence electrons. The third-order valence-corrected chi connectivity index (χ3v) is 5.20. The molecule has 2 rings (SSSR count). The number of nitrogens with zero attached hydrogens (tertiary/aromatic N) is 2. The minimum atomic E-state index is -4.37. The van der Waals surface area contributed by atoms with Gasteiger partial charge in [0.25, 0.3) is 5.69 Å². The van der Waals surface area contributed by atoms with Crippen LogP contribution in [-0.4, -0.2) is 25.4 Å². The Balaban J connectivity index is 2.43. The molecule has 2 N–H and O–H groups in total. The Bertz CT molecular complexity index is 1170. The number of aryl methyl sites for hydroxylation is 1. The van der Waals surface area contributed by atoms with E-state index in [4.69, 9.17) is 32.1 Å². The summed E-state index contributed by atoms with van der Waals surface area (Å²) in [5.41, 5.74) is 5.95. The van der Waals surface area contributed by atoms with E-state index in [1.807, 2.05) is 6.07 Å². The molecule has 0 amide bonds. The lowest BCUT2D eigenvalue weighted by molar-refractivity contribution is -0.385. The van der Waals surface area contributed by atoms with Crippen LogP contribution in [0.4, 0.5) is 5.69 Å². The van der Waals surface area contributed by atoms with Crippen molar-refractivity contribution in [2.45, 2.75) is 11.8 Å². The second kappa shape index (κ2) is 8.68. The first kappa shape index (κ1) is 21.8. The number of nitro groups is 1. The summed E-state index contributed by atoms with van der Waals surface area (Å²) in [6.45, 7) is 1.49. The van der Waals surface area contributed by atoms with Gasteiger partial charge in [-0.2, -0.15) is 13.7 Å². The Morgan fingerprint density at radius 1 is 1.28 bits per heavy atom. The van der Waals surface area contributed by atoms with Crippen molar-refractivity contribution in [3.05, 3.63) is 63.2 Å². The standard InChI is InChI=1S/C18H15N3O6S2/c1-11-3-5-14(9-15(11)21(22)23)29(24,25)27-16-6-4-12(8-17(16)26-2)7-13(10-19)18(20)28/h3-9H,1-2H3,(H2,20,28)/b13-7-. The van der Waals surface area contributed by atoms with E-state index in [-0.39, 0.29) is 32.6 Å². The molecule has 0 saturated heterocycles. The first-order chi connectivity index (χ1) is 13.6. The molecule has 0 atom stereocenters. The molecule has 2 aromatic carbocycles. The number of ether oxygens (including phenoxy) is 1. The number of thiocarbonyl (C=S) groups is 1. The van der Waals surface area contributed by atoms with E-state index in [0.717, 1.165) is 6.07 Å². The molecular weight excluding hydrogens is 418 g/mol. The Kier molecular flexibility index (Phi) is 6.53. The molecule has 0 aliphatic rings. The molecular formula is C18H15N3O6S2. The zero-order chi connectivity index (χ0) is 21.8. The van der Waals surface area contributed by atoms with Crippen molar-refractivity contribution in [3.8, 4) is 17.6 Å². The maximum absolute atomic E-state index is 12.6. The van der Waals surface area contributed by atoms with Crippen molar-refractivity contribution in [2.24, 2.45) is 5.73 Å². The fourth-order valence-corrected chi connectivity index (χ4v) is 3.34. The summed E-state index contributed by atoms with van der Waals surface area (Å²) in [6, 6.07) is 9.53. The van der Waals surface area contributed by atoms with Gasteiger partial charge in [0.05, 0.1) is 17.6 Å². The van der Waals surface area contributed by atoms with Gasteiger partial charge < -0.3 is 14.7 Å². The van der Waals surface area contributed by atoms with Gasteiger partial charge in [-0.25, -0.2) is 0 Å². The number of nitrogens with two attached hydrogens (primary N) is 1. The predicted octanol–water partition coefficient (Wildman–Crippen LogP) is 2.87. The molecule has 0 radical (unpaired) electrons. The average molecular weight is 433 g/mol. The van der Waals surface area contributed by atoms with Crippen molar-refractivity contribution < 1.29 is 22.3 Å². The average Bonchev–Trinajstić information content (AvgIpc) is 2.66. The summed E-state index contributed by atoms with van der Waals surface area (Å²) in [7, 11) is -3.06. The van der Waals surface area contributed by atoms with Gasteiger partial charge in [0.1, 0.15) is 16.0 Å². The molecule has 9 nitrogen and oxygen atoms in total. The minimum absolute atomic E-state index is 0.0594. The molecule has 11 heteroatoms. The van der Waals surface area contributed by atoms with E-state index >= 15 is 0 Å². The maximum atomic E-state index is 12.6. The van der Waals surface area contributed by atoms with Crippen molar-refractivity contribution in [2.75, 3.05) is 7.11 Å².